The molecule has 150 valence electrons. The fraction of sp³-hybridized carbons (Fsp3) is 0.333. The number of amides is 1. The number of benzene rings is 2. The Morgan fingerprint density at radius 2 is 1.76 bits per heavy atom. The number of carbonyl (C=O) groups excluding carboxylic acids is 1. The lowest BCUT2D eigenvalue weighted by molar-refractivity contribution is 0.132. The summed E-state index contributed by atoms with van der Waals surface area (Å²) < 4.78 is 5.41. The molecule has 1 aliphatic carbocycles. The van der Waals surface area contributed by atoms with E-state index in [1.807, 2.05) is 48.5 Å². The highest BCUT2D eigenvalue weighted by atomic mass is 16.5. The van der Waals surface area contributed by atoms with Gasteiger partial charge in [0.1, 0.15) is 12.4 Å². The van der Waals surface area contributed by atoms with Crippen LogP contribution in [0.15, 0.2) is 60.7 Å². The molecule has 5 nitrogen and oxygen atoms in total. The molecular weight excluding hydrogens is 362 g/mol. The molecule has 0 saturated heterocycles. The minimum Gasteiger partial charge on any atom is -0.445 e. The van der Waals surface area contributed by atoms with Crippen molar-refractivity contribution >= 4 is 22.8 Å². The van der Waals surface area contributed by atoms with E-state index < -0.39 is 0 Å². The lowest BCUT2D eigenvalue weighted by Crippen LogP contribution is -2.48. The fourth-order valence-corrected chi connectivity index (χ4v) is 4.01. The predicted molar refractivity (Wildman–Crippen MR) is 116 cm³/mol. The molecule has 1 heterocycles. The maximum atomic E-state index is 12.3. The van der Waals surface area contributed by atoms with Crippen molar-refractivity contribution < 1.29 is 9.53 Å². The number of hydrogen-bond acceptors (Lipinski definition) is 4. The van der Waals surface area contributed by atoms with Crippen LogP contribution in [0.25, 0.3) is 10.9 Å². The molecule has 1 fully saturated rings. The van der Waals surface area contributed by atoms with Gasteiger partial charge in [0.15, 0.2) is 0 Å². The summed E-state index contributed by atoms with van der Waals surface area (Å²) in [6.07, 6.45) is 3.81. The molecule has 0 spiro atoms. The maximum absolute atomic E-state index is 12.3. The number of ether oxygens (including phenoxy) is 1. The van der Waals surface area contributed by atoms with Crippen LogP contribution in [0.3, 0.4) is 0 Å². The van der Waals surface area contributed by atoms with Gasteiger partial charge in [-0.1, -0.05) is 61.4 Å². The largest absolute Gasteiger partial charge is 0.445 e. The van der Waals surface area contributed by atoms with E-state index in [1.54, 1.807) is 0 Å². The highest BCUT2D eigenvalue weighted by molar-refractivity contribution is 5.83. The van der Waals surface area contributed by atoms with Gasteiger partial charge in [0.2, 0.25) is 0 Å². The molecule has 0 bridgehead atoms. The summed E-state index contributed by atoms with van der Waals surface area (Å²) in [5.41, 5.74) is 3.16. The number of fused-ring (bicyclic) bond motifs is 1. The van der Waals surface area contributed by atoms with E-state index >= 15 is 0 Å². The second kappa shape index (κ2) is 8.95. The first-order valence-electron chi connectivity index (χ1n) is 10.3. The van der Waals surface area contributed by atoms with E-state index in [0.29, 0.717) is 0 Å². The van der Waals surface area contributed by atoms with Crippen molar-refractivity contribution in [3.05, 3.63) is 71.8 Å². The number of hydrogen-bond donors (Lipinski definition) is 2. The Bertz CT molecular complexity index is 974. The van der Waals surface area contributed by atoms with Crippen LogP contribution in [0, 0.1) is 6.92 Å². The minimum atomic E-state index is -0.366. The highest BCUT2D eigenvalue weighted by Gasteiger charge is 2.27. The second-order valence-corrected chi connectivity index (χ2v) is 7.69. The predicted octanol–water partition coefficient (Wildman–Crippen LogP) is 5.19. The third-order valence-corrected chi connectivity index (χ3v) is 5.54. The first kappa shape index (κ1) is 19.2. The van der Waals surface area contributed by atoms with Gasteiger partial charge in [0.25, 0.3) is 0 Å². The van der Waals surface area contributed by atoms with Gasteiger partial charge in [-0.25, -0.2) is 9.78 Å². The fourth-order valence-electron chi connectivity index (χ4n) is 4.01. The Labute approximate surface area is 171 Å². The molecule has 4 rings (SSSR count). The summed E-state index contributed by atoms with van der Waals surface area (Å²) in [5, 5.41) is 7.79. The van der Waals surface area contributed by atoms with Crippen LogP contribution in [0.1, 0.15) is 36.8 Å². The van der Waals surface area contributed by atoms with Crippen molar-refractivity contribution in [2.45, 2.75) is 51.3 Å². The van der Waals surface area contributed by atoms with Crippen molar-refractivity contribution in [1.82, 2.24) is 10.3 Å². The molecule has 2 N–H and O–H groups in total. The van der Waals surface area contributed by atoms with Crippen molar-refractivity contribution in [1.29, 1.82) is 0 Å². The Morgan fingerprint density at radius 3 is 2.59 bits per heavy atom. The number of pyridine rings is 1. The van der Waals surface area contributed by atoms with Crippen molar-refractivity contribution in [3.8, 4) is 0 Å². The molecule has 1 aromatic heterocycles. The molecule has 2 unspecified atom stereocenters. The van der Waals surface area contributed by atoms with E-state index in [-0.39, 0.29) is 24.8 Å². The summed E-state index contributed by atoms with van der Waals surface area (Å²) in [5.74, 6) is 0.859. The average molecular weight is 389 g/mol. The summed E-state index contributed by atoms with van der Waals surface area (Å²) >= 11 is 0. The number of para-hydroxylation sites is 1. The molecule has 5 heteroatoms. The van der Waals surface area contributed by atoms with Crippen molar-refractivity contribution in [2.24, 2.45) is 0 Å². The summed E-state index contributed by atoms with van der Waals surface area (Å²) in [6, 6.07) is 20.1. The molecule has 3 aromatic rings. The van der Waals surface area contributed by atoms with Gasteiger partial charge in [-0.3, -0.25) is 0 Å². The van der Waals surface area contributed by atoms with Gasteiger partial charge in [0.05, 0.1) is 11.6 Å². The van der Waals surface area contributed by atoms with Crippen molar-refractivity contribution in [2.75, 3.05) is 5.32 Å². The smallest absolute Gasteiger partial charge is 0.407 e. The molecule has 1 aliphatic rings. The standard InChI is InChI=1S/C24H27N3O2/c1-17-15-23(25-20-12-6-5-11-19(17)20)26-21-13-7-8-14-22(21)27-24(28)29-16-18-9-3-2-4-10-18/h2-6,9-12,15,21-22H,7-8,13-14,16H2,1H3,(H,25,26)(H,27,28). The number of alkyl carbamates (subject to hydrolysis) is 1. The van der Waals surface area contributed by atoms with Crippen LogP contribution in [-0.2, 0) is 11.3 Å². The minimum absolute atomic E-state index is 0.0283. The number of anilines is 1. The Hall–Kier alpha value is -3.08. The maximum Gasteiger partial charge on any atom is 0.407 e. The molecule has 2 atom stereocenters. The van der Waals surface area contributed by atoms with Crippen LogP contribution in [0.5, 0.6) is 0 Å². The SMILES string of the molecule is Cc1cc(NC2CCCCC2NC(=O)OCc2ccccc2)nc2ccccc12. The lowest BCUT2D eigenvalue weighted by Gasteiger charge is -2.33. The zero-order valence-electron chi connectivity index (χ0n) is 16.7. The van der Waals surface area contributed by atoms with E-state index in [9.17, 15) is 4.79 Å². The van der Waals surface area contributed by atoms with E-state index in [0.717, 1.165) is 42.6 Å². The van der Waals surface area contributed by atoms with E-state index in [1.165, 1.54) is 10.9 Å². The van der Waals surface area contributed by atoms with Crippen LogP contribution in [-0.4, -0.2) is 23.2 Å². The Morgan fingerprint density at radius 1 is 1.03 bits per heavy atom. The zero-order valence-corrected chi connectivity index (χ0v) is 16.7. The van der Waals surface area contributed by atoms with Gasteiger partial charge in [-0.15, -0.1) is 0 Å². The van der Waals surface area contributed by atoms with E-state index in [2.05, 4.69) is 29.7 Å². The number of rotatable bonds is 5. The van der Waals surface area contributed by atoms with Crippen LogP contribution < -0.4 is 10.6 Å². The van der Waals surface area contributed by atoms with Gasteiger partial charge in [0, 0.05) is 11.4 Å². The first-order valence-corrected chi connectivity index (χ1v) is 10.3. The summed E-state index contributed by atoms with van der Waals surface area (Å²) in [4.78, 5) is 17.1. The monoisotopic (exact) mass is 389 g/mol. The molecule has 1 saturated carbocycles. The third kappa shape index (κ3) is 4.86. The van der Waals surface area contributed by atoms with Crippen LogP contribution in [0.4, 0.5) is 10.6 Å². The lowest BCUT2D eigenvalue weighted by atomic mass is 9.90. The normalized spacial score (nSPS) is 18.9. The van der Waals surface area contributed by atoms with E-state index in [4.69, 9.17) is 9.72 Å². The molecule has 29 heavy (non-hydrogen) atoms. The van der Waals surface area contributed by atoms with Crippen molar-refractivity contribution in [3.63, 3.8) is 0 Å². The Kier molecular flexibility index (Phi) is 5.94. The van der Waals surface area contributed by atoms with Gasteiger partial charge < -0.3 is 15.4 Å². The molecule has 0 radical (unpaired) electrons. The molecule has 1 amide bonds. The number of aromatic nitrogens is 1. The molecule has 0 aliphatic heterocycles. The molecule has 2 aromatic carbocycles. The Balaban J connectivity index is 1.40. The zero-order chi connectivity index (χ0) is 20.1. The number of nitrogens with zero attached hydrogens (tertiary/aromatic N) is 1. The number of aryl methyl sites for hydroxylation is 1. The highest BCUT2D eigenvalue weighted by Crippen LogP contribution is 2.25. The van der Waals surface area contributed by atoms with Gasteiger partial charge >= 0.3 is 6.09 Å². The van der Waals surface area contributed by atoms with Crippen LogP contribution >= 0.6 is 0 Å². The first-order chi connectivity index (χ1) is 14.2. The second-order valence-electron chi connectivity index (χ2n) is 7.69. The van der Waals surface area contributed by atoms with Gasteiger partial charge in [-0.05, 0) is 43.0 Å². The van der Waals surface area contributed by atoms with Crippen LogP contribution in [0.2, 0.25) is 0 Å². The number of carbonyl (C=O) groups is 1. The van der Waals surface area contributed by atoms with Gasteiger partial charge in [-0.2, -0.15) is 0 Å². The number of nitrogens with one attached hydrogen (secondary N) is 2. The average Bonchev–Trinajstić information content (AvgIpc) is 2.74. The summed E-state index contributed by atoms with van der Waals surface area (Å²) in [7, 11) is 0. The topological polar surface area (TPSA) is 63.2 Å². The summed E-state index contributed by atoms with van der Waals surface area (Å²) in [6.45, 7) is 2.38. The quantitative estimate of drug-likeness (QED) is 0.630. The third-order valence-electron chi connectivity index (χ3n) is 5.54. The molecular formula is C24H27N3O2.